The highest BCUT2D eigenvalue weighted by molar-refractivity contribution is 7.17. The van der Waals surface area contributed by atoms with Gasteiger partial charge in [-0.25, -0.2) is 0 Å². The van der Waals surface area contributed by atoms with Crippen LogP contribution in [0.5, 0.6) is 0 Å². The van der Waals surface area contributed by atoms with Crippen molar-refractivity contribution in [3.8, 4) is 0 Å². The molecule has 1 aromatic heterocycles. The molecule has 2 unspecified atom stereocenters. The first-order chi connectivity index (χ1) is 9.33. The van der Waals surface area contributed by atoms with Crippen LogP contribution in [-0.4, -0.2) is 31.9 Å². The highest BCUT2D eigenvalue weighted by Crippen LogP contribution is 2.26. The van der Waals surface area contributed by atoms with Crippen molar-refractivity contribution >= 4 is 21.4 Å². The van der Waals surface area contributed by atoms with Crippen LogP contribution in [0.4, 0.5) is 0 Å². The molecule has 3 rings (SSSR count). The van der Waals surface area contributed by atoms with Crippen molar-refractivity contribution in [1.29, 1.82) is 0 Å². The second-order valence-corrected chi connectivity index (χ2v) is 5.91. The Morgan fingerprint density at radius 1 is 1.37 bits per heavy atom. The zero-order valence-corrected chi connectivity index (χ0v) is 11.9. The Morgan fingerprint density at radius 2 is 2.26 bits per heavy atom. The molecule has 0 bridgehead atoms. The zero-order chi connectivity index (χ0) is 13.1. The number of hydrogen-bond acceptors (Lipinski definition) is 4. The van der Waals surface area contributed by atoms with E-state index in [1.807, 2.05) is 0 Å². The summed E-state index contributed by atoms with van der Waals surface area (Å²) in [6.07, 6.45) is 0.456. The molecule has 0 spiro atoms. The van der Waals surface area contributed by atoms with E-state index in [9.17, 15) is 0 Å². The van der Waals surface area contributed by atoms with Crippen molar-refractivity contribution in [2.24, 2.45) is 0 Å². The summed E-state index contributed by atoms with van der Waals surface area (Å²) in [6.45, 7) is 5.23. The standard InChI is InChI=1S/C15H19NO2S/c1-11-6-16-7-13(18-11)9-17-8-12-10-19-15-5-3-2-4-14(12)15/h2-5,10-11,13,16H,6-9H2,1H3. The first-order valence-corrected chi connectivity index (χ1v) is 7.60. The molecule has 2 aromatic rings. The smallest absolute Gasteiger partial charge is 0.0936 e. The van der Waals surface area contributed by atoms with Crippen molar-refractivity contribution in [1.82, 2.24) is 5.32 Å². The molecule has 1 saturated heterocycles. The molecule has 2 atom stereocenters. The molecule has 102 valence electrons. The molecule has 3 nitrogen and oxygen atoms in total. The average Bonchev–Trinajstić information content (AvgIpc) is 2.83. The third-order valence-corrected chi connectivity index (χ3v) is 4.36. The summed E-state index contributed by atoms with van der Waals surface area (Å²) in [7, 11) is 0. The summed E-state index contributed by atoms with van der Waals surface area (Å²) in [4.78, 5) is 0. The Bertz CT molecular complexity index is 540. The minimum absolute atomic E-state index is 0.175. The fraction of sp³-hybridized carbons (Fsp3) is 0.467. The van der Waals surface area contributed by atoms with Crippen LogP contribution in [0.15, 0.2) is 29.6 Å². The number of nitrogens with one attached hydrogen (secondary N) is 1. The Labute approximate surface area is 117 Å². The van der Waals surface area contributed by atoms with Crippen LogP contribution in [-0.2, 0) is 16.1 Å². The van der Waals surface area contributed by atoms with Crippen molar-refractivity contribution in [2.45, 2.75) is 25.7 Å². The van der Waals surface area contributed by atoms with E-state index >= 15 is 0 Å². The number of benzene rings is 1. The molecular formula is C15H19NO2S. The van der Waals surface area contributed by atoms with Gasteiger partial charge in [0.15, 0.2) is 0 Å². The summed E-state index contributed by atoms with van der Waals surface area (Å²) in [5, 5.41) is 6.85. The molecule has 0 saturated carbocycles. The molecule has 0 amide bonds. The van der Waals surface area contributed by atoms with Crippen molar-refractivity contribution < 1.29 is 9.47 Å². The Balaban J connectivity index is 1.55. The van der Waals surface area contributed by atoms with Crippen LogP contribution in [0, 0.1) is 0 Å². The molecule has 1 fully saturated rings. The van der Waals surface area contributed by atoms with Crippen LogP contribution in [0.1, 0.15) is 12.5 Å². The second kappa shape index (κ2) is 6.01. The maximum atomic E-state index is 5.82. The zero-order valence-electron chi connectivity index (χ0n) is 11.1. The molecule has 0 aliphatic carbocycles. The number of rotatable bonds is 4. The second-order valence-electron chi connectivity index (χ2n) is 5.00. The third kappa shape index (κ3) is 3.15. The molecule has 2 heterocycles. The molecule has 4 heteroatoms. The van der Waals surface area contributed by atoms with Gasteiger partial charge in [0, 0.05) is 17.8 Å². The van der Waals surface area contributed by atoms with E-state index in [0.29, 0.717) is 13.2 Å². The number of morpholine rings is 1. The van der Waals surface area contributed by atoms with E-state index in [1.165, 1.54) is 15.6 Å². The summed E-state index contributed by atoms with van der Waals surface area (Å²) in [5.74, 6) is 0. The van der Waals surface area contributed by atoms with Crippen molar-refractivity contribution in [2.75, 3.05) is 19.7 Å². The normalized spacial score (nSPS) is 23.8. The summed E-state index contributed by atoms with van der Waals surface area (Å²) >= 11 is 1.78. The molecule has 1 N–H and O–H groups in total. The van der Waals surface area contributed by atoms with Crippen LogP contribution < -0.4 is 5.32 Å². The highest BCUT2D eigenvalue weighted by Gasteiger charge is 2.18. The van der Waals surface area contributed by atoms with Gasteiger partial charge in [0.05, 0.1) is 25.4 Å². The maximum Gasteiger partial charge on any atom is 0.0936 e. The lowest BCUT2D eigenvalue weighted by Gasteiger charge is -2.28. The van der Waals surface area contributed by atoms with Crippen LogP contribution in [0.25, 0.3) is 10.1 Å². The summed E-state index contributed by atoms with van der Waals surface area (Å²) in [5.41, 5.74) is 1.28. The summed E-state index contributed by atoms with van der Waals surface area (Å²) < 4.78 is 12.9. The quantitative estimate of drug-likeness (QED) is 0.932. The lowest BCUT2D eigenvalue weighted by atomic mass is 10.2. The first-order valence-electron chi connectivity index (χ1n) is 6.72. The predicted molar refractivity (Wildman–Crippen MR) is 78.7 cm³/mol. The fourth-order valence-corrected chi connectivity index (χ4v) is 3.36. The lowest BCUT2D eigenvalue weighted by Crippen LogP contribution is -2.45. The van der Waals surface area contributed by atoms with Gasteiger partial charge in [0.1, 0.15) is 0 Å². The van der Waals surface area contributed by atoms with E-state index in [1.54, 1.807) is 11.3 Å². The Hall–Kier alpha value is -0.940. The van der Waals surface area contributed by atoms with E-state index in [-0.39, 0.29) is 12.2 Å². The SMILES string of the molecule is CC1CNCC(COCc2csc3ccccc23)O1. The molecule has 1 aliphatic rings. The van der Waals surface area contributed by atoms with E-state index in [2.05, 4.69) is 41.9 Å². The van der Waals surface area contributed by atoms with E-state index < -0.39 is 0 Å². The predicted octanol–water partition coefficient (Wildman–Crippen LogP) is 2.79. The lowest BCUT2D eigenvalue weighted by molar-refractivity contribution is -0.0714. The largest absolute Gasteiger partial charge is 0.374 e. The van der Waals surface area contributed by atoms with Gasteiger partial charge < -0.3 is 14.8 Å². The van der Waals surface area contributed by atoms with E-state index in [4.69, 9.17) is 9.47 Å². The van der Waals surface area contributed by atoms with Crippen molar-refractivity contribution in [3.05, 3.63) is 35.2 Å². The third-order valence-electron chi connectivity index (χ3n) is 3.35. The van der Waals surface area contributed by atoms with Gasteiger partial charge in [0.25, 0.3) is 0 Å². The molecule has 0 radical (unpaired) electrons. The van der Waals surface area contributed by atoms with Crippen LogP contribution >= 0.6 is 11.3 Å². The number of ether oxygens (including phenoxy) is 2. The van der Waals surface area contributed by atoms with Gasteiger partial charge >= 0.3 is 0 Å². The molecule has 19 heavy (non-hydrogen) atoms. The molecule has 1 aliphatic heterocycles. The molecular weight excluding hydrogens is 258 g/mol. The van der Waals surface area contributed by atoms with Crippen LogP contribution in [0.3, 0.4) is 0 Å². The topological polar surface area (TPSA) is 30.5 Å². The van der Waals surface area contributed by atoms with Crippen LogP contribution in [0.2, 0.25) is 0 Å². The number of hydrogen-bond donors (Lipinski definition) is 1. The Morgan fingerprint density at radius 3 is 3.16 bits per heavy atom. The minimum atomic E-state index is 0.175. The minimum Gasteiger partial charge on any atom is -0.374 e. The van der Waals surface area contributed by atoms with Gasteiger partial charge in [-0.2, -0.15) is 0 Å². The van der Waals surface area contributed by atoms with Gasteiger partial charge in [0.2, 0.25) is 0 Å². The average molecular weight is 277 g/mol. The summed E-state index contributed by atoms with van der Waals surface area (Å²) in [6, 6.07) is 8.46. The van der Waals surface area contributed by atoms with Gasteiger partial charge in [-0.1, -0.05) is 18.2 Å². The number of fused-ring (bicyclic) bond motifs is 1. The van der Waals surface area contributed by atoms with Crippen molar-refractivity contribution in [3.63, 3.8) is 0 Å². The fourth-order valence-electron chi connectivity index (χ4n) is 2.42. The van der Waals surface area contributed by atoms with E-state index in [0.717, 1.165) is 13.1 Å². The Kier molecular flexibility index (Phi) is 4.13. The van der Waals surface area contributed by atoms with Gasteiger partial charge in [-0.15, -0.1) is 11.3 Å². The highest BCUT2D eigenvalue weighted by atomic mass is 32.1. The molecule has 1 aromatic carbocycles. The maximum absolute atomic E-state index is 5.82. The monoisotopic (exact) mass is 277 g/mol. The van der Waals surface area contributed by atoms with Gasteiger partial charge in [-0.05, 0) is 29.3 Å². The number of thiophene rings is 1. The first kappa shape index (κ1) is 13.1. The van der Waals surface area contributed by atoms with Gasteiger partial charge in [-0.3, -0.25) is 0 Å².